The Kier molecular flexibility index (Phi) is 5.86. The number of aryl methyl sites for hydroxylation is 1. The van der Waals surface area contributed by atoms with Crippen molar-refractivity contribution in [3.05, 3.63) is 78.2 Å². The highest BCUT2D eigenvalue weighted by atomic mass is 16.2. The van der Waals surface area contributed by atoms with Crippen LogP contribution < -0.4 is 0 Å². The van der Waals surface area contributed by atoms with Crippen LogP contribution in [0.1, 0.15) is 49.4 Å². The fourth-order valence-corrected chi connectivity index (χ4v) is 4.10. The van der Waals surface area contributed by atoms with E-state index in [0.717, 1.165) is 37.2 Å². The monoisotopic (exact) mass is 373 g/mol. The minimum absolute atomic E-state index is 0.182. The van der Waals surface area contributed by atoms with E-state index in [4.69, 9.17) is 0 Å². The number of amides is 1. The first-order chi connectivity index (χ1) is 13.8. The van der Waals surface area contributed by atoms with Crippen molar-refractivity contribution in [2.75, 3.05) is 6.54 Å². The lowest BCUT2D eigenvalue weighted by Crippen LogP contribution is -2.35. The molecule has 0 bridgehead atoms. The van der Waals surface area contributed by atoms with Crippen molar-refractivity contribution in [1.29, 1.82) is 0 Å². The van der Waals surface area contributed by atoms with Gasteiger partial charge in [-0.15, -0.1) is 0 Å². The highest BCUT2D eigenvalue weighted by Crippen LogP contribution is 2.30. The van der Waals surface area contributed by atoms with Gasteiger partial charge in [-0.2, -0.15) is 0 Å². The molecule has 28 heavy (non-hydrogen) atoms. The molecule has 4 heteroatoms. The van der Waals surface area contributed by atoms with Gasteiger partial charge in [0.1, 0.15) is 0 Å². The Labute approximate surface area is 166 Å². The molecule has 1 aliphatic rings. The second-order valence-corrected chi connectivity index (χ2v) is 7.50. The Bertz CT molecular complexity index is 888. The maximum atomic E-state index is 13.1. The van der Waals surface area contributed by atoms with E-state index in [0.29, 0.717) is 6.42 Å². The maximum Gasteiger partial charge on any atom is 0.223 e. The number of aromatic amines is 1. The van der Waals surface area contributed by atoms with E-state index in [1.807, 2.05) is 42.7 Å². The fraction of sp³-hybridized carbons (Fsp3) is 0.333. The molecule has 3 aromatic rings. The van der Waals surface area contributed by atoms with Gasteiger partial charge in [-0.1, -0.05) is 43.2 Å². The number of carbonyl (C=O) groups excluding carboxylic acids is 1. The molecule has 0 radical (unpaired) electrons. The van der Waals surface area contributed by atoms with Crippen LogP contribution in [-0.2, 0) is 11.2 Å². The number of likely N-dealkylation sites (tertiary alicyclic amines) is 1. The molecule has 1 aliphatic heterocycles. The van der Waals surface area contributed by atoms with Crippen molar-refractivity contribution in [2.45, 2.75) is 44.6 Å². The summed E-state index contributed by atoms with van der Waals surface area (Å²) in [5, 5.41) is 0. The van der Waals surface area contributed by atoms with E-state index in [1.165, 1.54) is 24.0 Å². The average Bonchev–Trinajstić information content (AvgIpc) is 3.09. The SMILES string of the molecule is O=C(CCc1ccc(-c2ccccc2)[nH]1)N1CCCCC[C@@H]1c1ccncc1. The second kappa shape index (κ2) is 8.87. The van der Waals surface area contributed by atoms with Crippen LogP contribution in [0.3, 0.4) is 0 Å². The summed E-state index contributed by atoms with van der Waals surface area (Å²) in [5.41, 5.74) is 4.59. The Morgan fingerprint density at radius 1 is 1.00 bits per heavy atom. The molecule has 4 nitrogen and oxygen atoms in total. The number of hydrogen-bond donors (Lipinski definition) is 1. The van der Waals surface area contributed by atoms with Crippen LogP contribution in [0.4, 0.5) is 0 Å². The van der Waals surface area contributed by atoms with E-state index < -0.39 is 0 Å². The lowest BCUT2D eigenvalue weighted by molar-refractivity contribution is -0.133. The molecule has 144 valence electrons. The number of aromatic nitrogens is 2. The lowest BCUT2D eigenvalue weighted by Gasteiger charge is -2.30. The summed E-state index contributed by atoms with van der Waals surface area (Å²) in [6, 6.07) is 18.8. The zero-order valence-electron chi connectivity index (χ0n) is 16.2. The minimum atomic E-state index is 0.182. The van der Waals surface area contributed by atoms with Crippen LogP contribution in [0.2, 0.25) is 0 Å². The number of carbonyl (C=O) groups is 1. The molecular formula is C24H27N3O. The Morgan fingerprint density at radius 3 is 2.64 bits per heavy atom. The smallest absolute Gasteiger partial charge is 0.223 e. The first kappa shape index (κ1) is 18.5. The maximum absolute atomic E-state index is 13.1. The molecule has 1 amide bonds. The summed E-state index contributed by atoms with van der Waals surface area (Å²) in [6.07, 6.45) is 9.43. The van der Waals surface area contributed by atoms with E-state index in [2.05, 4.69) is 39.1 Å². The van der Waals surface area contributed by atoms with E-state index >= 15 is 0 Å². The molecule has 1 N–H and O–H groups in total. The summed E-state index contributed by atoms with van der Waals surface area (Å²) in [4.78, 5) is 22.8. The first-order valence-corrected chi connectivity index (χ1v) is 10.2. The van der Waals surface area contributed by atoms with Gasteiger partial charge in [0.2, 0.25) is 5.91 Å². The summed E-state index contributed by atoms with van der Waals surface area (Å²) in [5.74, 6) is 0.250. The lowest BCUT2D eigenvalue weighted by atomic mass is 10.0. The predicted octanol–water partition coefficient (Wildman–Crippen LogP) is 5.15. The van der Waals surface area contributed by atoms with Crippen molar-refractivity contribution in [3.8, 4) is 11.3 Å². The molecule has 2 aromatic heterocycles. The van der Waals surface area contributed by atoms with Gasteiger partial charge in [-0.05, 0) is 54.7 Å². The first-order valence-electron chi connectivity index (χ1n) is 10.2. The number of nitrogens with one attached hydrogen (secondary N) is 1. The highest BCUT2D eigenvalue weighted by Gasteiger charge is 2.26. The quantitative estimate of drug-likeness (QED) is 0.672. The number of pyridine rings is 1. The summed E-state index contributed by atoms with van der Waals surface area (Å²) in [6.45, 7) is 0.853. The highest BCUT2D eigenvalue weighted by molar-refractivity contribution is 5.77. The molecule has 1 fully saturated rings. The van der Waals surface area contributed by atoms with Gasteiger partial charge < -0.3 is 9.88 Å². The molecule has 1 saturated heterocycles. The predicted molar refractivity (Wildman–Crippen MR) is 112 cm³/mol. The van der Waals surface area contributed by atoms with Gasteiger partial charge in [0.15, 0.2) is 0 Å². The van der Waals surface area contributed by atoms with Crippen LogP contribution in [0, 0.1) is 0 Å². The van der Waals surface area contributed by atoms with Crippen LogP contribution in [0.5, 0.6) is 0 Å². The van der Waals surface area contributed by atoms with E-state index in [-0.39, 0.29) is 11.9 Å². The van der Waals surface area contributed by atoms with Crippen molar-refractivity contribution in [2.24, 2.45) is 0 Å². The van der Waals surface area contributed by atoms with Gasteiger partial charge in [0.25, 0.3) is 0 Å². The number of rotatable bonds is 5. The Hall–Kier alpha value is -2.88. The normalized spacial score (nSPS) is 17.3. The van der Waals surface area contributed by atoms with E-state index in [9.17, 15) is 4.79 Å². The molecule has 0 spiro atoms. The van der Waals surface area contributed by atoms with Crippen LogP contribution >= 0.6 is 0 Å². The Balaban J connectivity index is 1.43. The van der Waals surface area contributed by atoms with Gasteiger partial charge >= 0.3 is 0 Å². The number of nitrogens with zero attached hydrogens (tertiary/aromatic N) is 2. The molecule has 0 unspecified atom stereocenters. The third kappa shape index (κ3) is 4.33. The van der Waals surface area contributed by atoms with Crippen LogP contribution in [-0.4, -0.2) is 27.3 Å². The second-order valence-electron chi connectivity index (χ2n) is 7.50. The topological polar surface area (TPSA) is 49.0 Å². The Morgan fingerprint density at radius 2 is 1.82 bits per heavy atom. The van der Waals surface area contributed by atoms with Gasteiger partial charge in [-0.25, -0.2) is 0 Å². The summed E-state index contributed by atoms with van der Waals surface area (Å²) >= 11 is 0. The summed E-state index contributed by atoms with van der Waals surface area (Å²) in [7, 11) is 0. The van der Waals surface area contributed by atoms with Gasteiger partial charge in [0.05, 0.1) is 6.04 Å². The molecule has 0 saturated carbocycles. The molecule has 0 aliphatic carbocycles. The largest absolute Gasteiger partial charge is 0.358 e. The fourth-order valence-electron chi connectivity index (χ4n) is 4.10. The molecule has 3 heterocycles. The molecule has 4 rings (SSSR count). The minimum Gasteiger partial charge on any atom is -0.358 e. The van der Waals surface area contributed by atoms with Crippen molar-refractivity contribution in [1.82, 2.24) is 14.9 Å². The number of H-pyrrole nitrogens is 1. The van der Waals surface area contributed by atoms with Crippen molar-refractivity contribution < 1.29 is 4.79 Å². The van der Waals surface area contributed by atoms with Gasteiger partial charge in [-0.3, -0.25) is 9.78 Å². The third-order valence-corrected chi connectivity index (χ3v) is 5.60. The summed E-state index contributed by atoms with van der Waals surface area (Å²) < 4.78 is 0. The van der Waals surface area contributed by atoms with E-state index in [1.54, 1.807) is 0 Å². The zero-order chi connectivity index (χ0) is 19.2. The van der Waals surface area contributed by atoms with Crippen molar-refractivity contribution in [3.63, 3.8) is 0 Å². The molecule has 1 aromatic carbocycles. The van der Waals surface area contributed by atoms with Crippen molar-refractivity contribution >= 4 is 5.91 Å². The average molecular weight is 374 g/mol. The number of hydrogen-bond acceptors (Lipinski definition) is 2. The van der Waals surface area contributed by atoms with Gasteiger partial charge in [0, 0.05) is 36.7 Å². The molecule has 1 atom stereocenters. The van der Waals surface area contributed by atoms with Crippen LogP contribution in [0.15, 0.2) is 67.0 Å². The van der Waals surface area contributed by atoms with Crippen LogP contribution in [0.25, 0.3) is 11.3 Å². The standard InChI is InChI=1S/C24H27N3O/c28-24(13-11-21-10-12-22(26-21)19-7-3-1-4-8-19)27-18-6-2-5-9-23(27)20-14-16-25-17-15-20/h1,3-4,7-8,10,12,14-17,23,26H,2,5-6,9,11,13,18H2/t23-/m1/s1. The molecular weight excluding hydrogens is 346 g/mol. The zero-order valence-corrected chi connectivity index (χ0v) is 16.2. The number of benzene rings is 1. The third-order valence-electron chi connectivity index (χ3n) is 5.60.